The number of methoxy groups -OCH3 is 1. The van der Waals surface area contributed by atoms with Gasteiger partial charge in [0.2, 0.25) is 0 Å². The minimum absolute atomic E-state index is 0.0228. The van der Waals surface area contributed by atoms with E-state index in [9.17, 15) is 10.1 Å². The summed E-state index contributed by atoms with van der Waals surface area (Å²) >= 11 is 7.91. The molecule has 1 aliphatic rings. The molecule has 0 aliphatic carbocycles. The van der Waals surface area contributed by atoms with Crippen molar-refractivity contribution in [2.45, 2.75) is 6.17 Å². The molecule has 1 atom stereocenters. The third-order valence-corrected chi connectivity index (χ3v) is 4.76. The van der Waals surface area contributed by atoms with Crippen LogP contribution in [0.2, 0.25) is 0 Å². The van der Waals surface area contributed by atoms with Crippen molar-refractivity contribution in [3.8, 4) is 11.8 Å². The molecule has 5 nitrogen and oxygen atoms in total. The minimum atomic E-state index is -0.483. The molecule has 2 aromatic carbocycles. The van der Waals surface area contributed by atoms with Gasteiger partial charge in [-0.05, 0) is 42.0 Å². The van der Waals surface area contributed by atoms with Crippen LogP contribution in [-0.4, -0.2) is 13.0 Å². The van der Waals surface area contributed by atoms with Crippen molar-refractivity contribution in [3.05, 3.63) is 69.2 Å². The summed E-state index contributed by atoms with van der Waals surface area (Å²) in [6.07, 6.45) is -0.483. The third-order valence-electron chi connectivity index (χ3n) is 3.83. The van der Waals surface area contributed by atoms with Crippen molar-refractivity contribution in [1.29, 1.82) is 5.26 Å². The molecule has 1 aliphatic heterocycles. The normalized spacial score (nSPS) is 17.1. The Hall–Kier alpha value is -2.43. The van der Waals surface area contributed by atoms with Crippen LogP contribution in [0.15, 0.2) is 63.6 Å². The largest absolute Gasteiger partial charge is 0.497 e. The number of nitrogens with zero attached hydrogens (tertiary/aromatic N) is 2. The van der Waals surface area contributed by atoms with E-state index in [0.29, 0.717) is 10.8 Å². The summed E-state index contributed by atoms with van der Waals surface area (Å²) in [7, 11) is 1.60. The predicted octanol–water partition coefficient (Wildman–Crippen LogP) is 3.76. The smallest absolute Gasteiger partial charge is 0.266 e. The van der Waals surface area contributed by atoms with Gasteiger partial charge in [0.05, 0.1) is 12.1 Å². The summed E-state index contributed by atoms with van der Waals surface area (Å²) in [6, 6.07) is 16.9. The Balaban J connectivity index is 2.13. The minimum Gasteiger partial charge on any atom is -0.497 e. The van der Waals surface area contributed by atoms with Gasteiger partial charge >= 0.3 is 0 Å². The molecule has 1 amide bonds. The molecule has 0 saturated heterocycles. The molecule has 1 heterocycles. The Kier molecular flexibility index (Phi) is 5.02. The Morgan fingerprint density at radius 1 is 1.28 bits per heavy atom. The molecule has 0 radical (unpaired) electrons. The van der Waals surface area contributed by atoms with Crippen LogP contribution in [0.1, 0.15) is 11.7 Å². The number of rotatable bonds is 3. The highest BCUT2D eigenvalue weighted by atomic mass is 79.9. The molecule has 0 spiro atoms. The van der Waals surface area contributed by atoms with Crippen LogP contribution in [0, 0.1) is 11.3 Å². The van der Waals surface area contributed by atoms with E-state index < -0.39 is 12.1 Å². The number of thiol groups is 1. The number of ether oxygens (including phenoxy) is 1. The fraction of sp³-hybridized carbons (Fsp3) is 0.111. The number of hydrogen-bond donors (Lipinski definition) is 2. The molecule has 1 N–H and O–H groups in total. The van der Waals surface area contributed by atoms with Gasteiger partial charge in [0.1, 0.15) is 23.6 Å². The van der Waals surface area contributed by atoms with Crippen LogP contribution in [-0.2, 0) is 4.79 Å². The number of nitrogens with one attached hydrogen (secondary N) is 1. The van der Waals surface area contributed by atoms with Crippen LogP contribution in [0.3, 0.4) is 0 Å². The lowest BCUT2D eigenvalue weighted by molar-refractivity contribution is -0.118. The fourth-order valence-electron chi connectivity index (χ4n) is 2.63. The summed E-state index contributed by atoms with van der Waals surface area (Å²) in [6.45, 7) is 0. The SMILES string of the molecule is COc1ccc(N2C(S)=C(C#N)C(=O)N[C@@H]2c2cccc(Br)c2)cc1. The van der Waals surface area contributed by atoms with E-state index in [-0.39, 0.29) is 5.57 Å². The van der Waals surface area contributed by atoms with Crippen LogP contribution in [0.5, 0.6) is 5.75 Å². The number of benzene rings is 2. The number of carbonyl (C=O) groups excluding carboxylic acids is 1. The molecule has 7 heteroatoms. The van der Waals surface area contributed by atoms with Crippen LogP contribution in [0.4, 0.5) is 5.69 Å². The van der Waals surface area contributed by atoms with Crippen molar-refractivity contribution < 1.29 is 9.53 Å². The average Bonchev–Trinajstić information content (AvgIpc) is 2.62. The predicted molar refractivity (Wildman–Crippen MR) is 102 cm³/mol. The highest BCUT2D eigenvalue weighted by Gasteiger charge is 2.34. The highest BCUT2D eigenvalue weighted by molar-refractivity contribution is 9.10. The number of halogens is 1. The summed E-state index contributed by atoms with van der Waals surface area (Å²) in [5, 5.41) is 12.5. The van der Waals surface area contributed by atoms with Crippen molar-refractivity contribution >= 4 is 40.2 Å². The number of carbonyl (C=O) groups is 1. The maximum absolute atomic E-state index is 12.3. The zero-order valence-corrected chi connectivity index (χ0v) is 15.7. The Bertz CT molecular complexity index is 890. The highest BCUT2D eigenvalue weighted by Crippen LogP contribution is 2.36. The summed E-state index contributed by atoms with van der Waals surface area (Å²) in [4.78, 5) is 14.1. The number of nitriles is 1. The zero-order chi connectivity index (χ0) is 18.0. The van der Waals surface area contributed by atoms with Gasteiger partial charge in [0.15, 0.2) is 0 Å². The van der Waals surface area contributed by atoms with Crippen molar-refractivity contribution in [2.75, 3.05) is 12.0 Å². The van der Waals surface area contributed by atoms with Crippen molar-refractivity contribution in [3.63, 3.8) is 0 Å². The molecule has 0 saturated carbocycles. The molecule has 0 unspecified atom stereocenters. The lowest BCUT2D eigenvalue weighted by Gasteiger charge is -2.38. The van der Waals surface area contributed by atoms with Gasteiger partial charge in [0, 0.05) is 10.2 Å². The molecule has 0 aromatic heterocycles. The lowest BCUT2D eigenvalue weighted by Crippen LogP contribution is -2.46. The van der Waals surface area contributed by atoms with Gasteiger partial charge < -0.3 is 15.0 Å². The average molecular weight is 416 g/mol. The number of anilines is 1. The first kappa shape index (κ1) is 17.4. The summed E-state index contributed by atoms with van der Waals surface area (Å²) < 4.78 is 6.09. The first-order valence-electron chi connectivity index (χ1n) is 7.38. The topological polar surface area (TPSA) is 65.4 Å². The van der Waals surface area contributed by atoms with Crippen LogP contribution >= 0.6 is 28.6 Å². The van der Waals surface area contributed by atoms with Crippen molar-refractivity contribution in [2.24, 2.45) is 0 Å². The van der Waals surface area contributed by atoms with Crippen molar-refractivity contribution in [1.82, 2.24) is 5.32 Å². The van der Waals surface area contributed by atoms with Crippen LogP contribution < -0.4 is 15.0 Å². The molecular formula is C18H14BrN3O2S. The fourth-order valence-corrected chi connectivity index (χ4v) is 3.43. The Morgan fingerprint density at radius 3 is 2.60 bits per heavy atom. The second kappa shape index (κ2) is 7.21. The summed E-state index contributed by atoms with van der Waals surface area (Å²) in [5.41, 5.74) is 1.62. The summed E-state index contributed by atoms with van der Waals surface area (Å²) in [5.74, 6) is 0.274. The number of hydrogen-bond acceptors (Lipinski definition) is 5. The van der Waals surface area contributed by atoms with Gasteiger partial charge in [-0.3, -0.25) is 4.79 Å². The monoisotopic (exact) mass is 415 g/mol. The molecule has 126 valence electrons. The molecular weight excluding hydrogens is 402 g/mol. The van der Waals surface area contributed by atoms with Gasteiger partial charge in [-0.15, -0.1) is 12.6 Å². The Labute approximate surface area is 159 Å². The molecule has 2 aromatic rings. The lowest BCUT2D eigenvalue weighted by atomic mass is 10.1. The van der Waals surface area contributed by atoms with E-state index >= 15 is 0 Å². The second-order valence-corrected chi connectivity index (χ2v) is 6.65. The standard InChI is InChI=1S/C18H14BrN3O2S/c1-24-14-7-5-13(6-8-14)22-16(11-3-2-4-12(19)9-11)21-17(23)15(10-20)18(22)25/h2-9,16,25H,1H3,(H,21,23)/t16-/m0/s1. The van der Waals surface area contributed by atoms with Gasteiger partial charge in [-0.25, -0.2) is 0 Å². The molecule has 3 rings (SSSR count). The van der Waals surface area contributed by atoms with Gasteiger partial charge in [-0.1, -0.05) is 28.1 Å². The Morgan fingerprint density at radius 2 is 2.00 bits per heavy atom. The number of amides is 1. The zero-order valence-electron chi connectivity index (χ0n) is 13.2. The third kappa shape index (κ3) is 3.36. The second-order valence-electron chi connectivity index (χ2n) is 5.31. The first-order valence-corrected chi connectivity index (χ1v) is 8.62. The maximum Gasteiger partial charge on any atom is 0.266 e. The van der Waals surface area contributed by atoms with E-state index in [1.54, 1.807) is 7.11 Å². The van der Waals surface area contributed by atoms with Gasteiger partial charge in [-0.2, -0.15) is 5.26 Å². The van der Waals surface area contributed by atoms with E-state index in [4.69, 9.17) is 4.74 Å². The van der Waals surface area contributed by atoms with Crippen LogP contribution in [0.25, 0.3) is 0 Å². The van der Waals surface area contributed by atoms with E-state index in [0.717, 1.165) is 15.7 Å². The first-order chi connectivity index (χ1) is 12.0. The molecule has 0 bridgehead atoms. The molecule has 25 heavy (non-hydrogen) atoms. The van der Waals surface area contributed by atoms with E-state index in [1.807, 2.05) is 59.5 Å². The molecule has 0 fully saturated rings. The maximum atomic E-state index is 12.3. The van der Waals surface area contributed by atoms with Gasteiger partial charge in [0.25, 0.3) is 5.91 Å². The van der Waals surface area contributed by atoms with E-state index in [1.165, 1.54) is 0 Å². The quantitative estimate of drug-likeness (QED) is 0.748. The van der Waals surface area contributed by atoms with E-state index in [2.05, 4.69) is 33.9 Å².